The van der Waals surface area contributed by atoms with Crippen molar-refractivity contribution in [2.24, 2.45) is 45.8 Å². The molecule has 0 amide bonds. The van der Waals surface area contributed by atoms with E-state index in [2.05, 4.69) is 13.0 Å². The number of carbonyl (C=O) groups excluding carboxylic acids is 1. The summed E-state index contributed by atoms with van der Waals surface area (Å²) in [6.07, 6.45) is 4.84. The van der Waals surface area contributed by atoms with Crippen LogP contribution in [0.3, 0.4) is 0 Å². The van der Waals surface area contributed by atoms with Gasteiger partial charge in [-0.3, -0.25) is 4.79 Å². The molecule has 0 aromatic rings. The van der Waals surface area contributed by atoms with Crippen molar-refractivity contribution in [3.05, 3.63) is 23.8 Å². The number of hydrogen-bond acceptors (Lipinski definition) is 7. The second kappa shape index (κ2) is 9.81. The first kappa shape index (κ1) is 28.0. The Morgan fingerprint density at radius 3 is 2.55 bits per heavy atom. The zero-order valence-corrected chi connectivity index (χ0v) is 23.2. The van der Waals surface area contributed by atoms with Gasteiger partial charge in [0.15, 0.2) is 6.29 Å². The zero-order chi connectivity index (χ0) is 27.6. The lowest BCUT2D eigenvalue weighted by Crippen LogP contribution is -2.64. The van der Waals surface area contributed by atoms with Crippen LogP contribution in [0.25, 0.3) is 0 Å². The molecule has 4 aliphatic carbocycles. The topological polar surface area (TPSA) is 123 Å². The van der Waals surface area contributed by atoms with Crippen LogP contribution in [0.1, 0.15) is 60.3 Å². The molecule has 38 heavy (non-hydrogen) atoms. The summed E-state index contributed by atoms with van der Waals surface area (Å²) in [6.45, 7) is 10.2. The van der Waals surface area contributed by atoms with Crippen molar-refractivity contribution in [2.45, 2.75) is 91.0 Å². The quantitative estimate of drug-likeness (QED) is 0.305. The Balaban J connectivity index is 1.48. The van der Waals surface area contributed by atoms with Gasteiger partial charge in [-0.05, 0) is 62.7 Å². The average molecular weight is 533 g/mol. The molecule has 0 aromatic heterocycles. The molecule has 8 heteroatoms. The smallest absolute Gasteiger partial charge is 0.315 e. The number of carbonyl (C=O) groups is 2. The second-order valence-corrected chi connectivity index (χ2v) is 12.9. The monoisotopic (exact) mass is 532 g/mol. The number of fused-ring (bicyclic) bond motifs is 2. The molecule has 12 atom stereocenters. The van der Waals surface area contributed by atoms with Crippen LogP contribution in [0.4, 0.5) is 0 Å². The van der Waals surface area contributed by atoms with E-state index in [1.807, 2.05) is 32.9 Å². The van der Waals surface area contributed by atoms with Crippen molar-refractivity contribution in [3.63, 3.8) is 0 Å². The largest absolute Gasteiger partial charge is 0.481 e. The van der Waals surface area contributed by atoms with Crippen molar-refractivity contribution in [3.8, 4) is 0 Å². The molecular weight excluding hydrogens is 488 g/mol. The summed E-state index contributed by atoms with van der Waals surface area (Å²) in [5, 5.41) is 32.9. The first-order valence-electron chi connectivity index (χ1n) is 14.3. The summed E-state index contributed by atoms with van der Waals surface area (Å²) in [5.74, 6) is -0.397. The maximum Gasteiger partial charge on any atom is 0.315 e. The number of hydrogen-bond donors (Lipinski definition) is 3. The van der Waals surface area contributed by atoms with Gasteiger partial charge >= 0.3 is 5.97 Å². The Morgan fingerprint density at radius 1 is 1.18 bits per heavy atom. The molecule has 3 N–H and O–H groups in total. The van der Waals surface area contributed by atoms with Gasteiger partial charge < -0.3 is 34.3 Å². The molecule has 5 rings (SSSR count). The lowest BCUT2D eigenvalue weighted by atomic mass is 9.43. The molecule has 1 saturated heterocycles. The summed E-state index contributed by atoms with van der Waals surface area (Å²) in [5.41, 5.74) is -2.31. The molecule has 8 nitrogen and oxygen atoms in total. The Morgan fingerprint density at radius 2 is 1.92 bits per heavy atom. The summed E-state index contributed by atoms with van der Waals surface area (Å²) >= 11 is 0. The highest BCUT2D eigenvalue weighted by Crippen LogP contribution is 2.82. The number of aliphatic hydroxyl groups is 2. The number of carboxylic acids is 1. The molecule has 1 aliphatic heterocycles. The van der Waals surface area contributed by atoms with Crippen LogP contribution in [-0.2, 0) is 23.8 Å². The molecule has 0 radical (unpaired) electrons. The van der Waals surface area contributed by atoms with E-state index in [0.717, 1.165) is 24.7 Å². The van der Waals surface area contributed by atoms with E-state index in [9.17, 15) is 24.9 Å². The number of aldehydes is 1. The van der Waals surface area contributed by atoms with E-state index in [0.29, 0.717) is 18.8 Å². The van der Waals surface area contributed by atoms with Crippen LogP contribution in [0.2, 0.25) is 0 Å². The third-order valence-electron chi connectivity index (χ3n) is 11.0. The van der Waals surface area contributed by atoms with Gasteiger partial charge in [-0.25, -0.2) is 0 Å². The number of carboxylic acid groups (broad SMARTS) is 1. The minimum Gasteiger partial charge on any atom is -0.481 e. The Hall–Kier alpha value is -1.58. The Kier molecular flexibility index (Phi) is 7.22. The van der Waals surface area contributed by atoms with Gasteiger partial charge in [-0.2, -0.15) is 0 Å². The van der Waals surface area contributed by atoms with Crippen molar-refractivity contribution >= 4 is 12.3 Å². The van der Waals surface area contributed by atoms with Gasteiger partial charge in [0, 0.05) is 5.41 Å². The number of ether oxygens (including phenoxy) is 3. The number of aliphatic hydroxyl groups excluding tert-OH is 2. The fourth-order valence-electron chi connectivity index (χ4n) is 9.50. The maximum absolute atomic E-state index is 13.5. The van der Waals surface area contributed by atoms with E-state index in [1.165, 1.54) is 0 Å². The van der Waals surface area contributed by atoms with Crippen LogP contribution < -0.4 is 0 Å². The van der Waals surface area contributed by atoms with Gasteiger partial charge in [0.2, 0.25) is 0 Å². The molecule has 212 valence electrons. The van der Waals surface area contributed by atoms with E-state index in [-0.39, 0.29) is 36.9 Å². The van der Waals surface area contributed by atoms with Crippen molar-refractivity contribution in [1.82, 2.24) is 0 Å². The van der Waals surface area contributed by atoms with Gasteiger partial charge in [0.25, 0.3) is 0 Å². The third kappa shape index (κ3) is 3.46. The molecular formula is C30H44O8. The number of rotatable bonds is 9. The highest BCUT2D eigenvalue weighted by molar-refractivity contribution is 5.90. The van der Waals surface area contributed by atoms with Crippen LogP contribution in [0.15, 0.2) is 23.8 Å². The summed E-state index contributed by atoms with van der Waals surface area (Å²) in [4.78, 5) is 26.7. The summed E-state index contributed by atoms with van der Waals surface area (Å²) in [6, 6.07) is 0. The van der Waals surface area contributed by atoms with Crippen LogP contribution in [0, 0.1) is 45.8 Å². The molecule has 1 heterocycles. The fourth-order valence-corrected chi connectivity index (χ4v) is 9.50. The van der Waals surface area contributed by atoms with Gasteiger partial charge in [0.1, 0.15) is 30.0 Å². The van der Waals surface area contributed by atoms with Gasteiger partial charge in [0.05, 0.1) is 24.7 Å². The Labute approximate surface area is 225 Å². The van der Waals surface area contributed by atoms with E-state index < -0.39 is 52.9 Å². The summed E-state index contributed by atoms with van der Waals surface area (Å²) in [7, 11) is 0. The van der Waals surface area contributed by atoms with Gasteiger partial charge in [-0.15, -0.1) is 0 Å². The highest BCUT2D eigenvalue weighted by atomic mass is 16.7. The molecule has 3 saturated carbocycles. The number of aliphatic carboxylic acids is 1. The van der Waals surface area contributed by atoms with Crippen LogP contribution in [0.5, 0.6) is 0 Å². The average Bonchev–Trinajstić information content (AvgIpc) is 3.45. The normalized spacial score (nSPS) is 49.5. The van der Waals surface area contributed by atoms with Crippen LogP contribution >= 0.6 is 0 Å². The molecule has 0 aromatic carbocycles. The SMILES string of the molecule is C/C=C/CO[C@H]1[C@@H](O)[C@H](O)[C@H](OCC23CC4C(C)CCC4C4(C=O)CC2C=C(C(C)C)C43C(=O)O)O[C@@H]1C. The first-order chi connectivity index (χ1) is 18.0. The van der Waals surface area contributed by atoms with Crippen LogP contribution in [-0.4, -0.2) is 71.5 Å². The predicted octanol–water partition coefficient (Wildman–Crippen LogP) is 3.36. The van der Waals surface area contributed by atoms with Crippen molar-refractivity contribution in [1.29, 1.82) is 0 Å². The molecule has 0 spiro atoms. The minimum atomic E-state index is -1.35. The second-order valence-electron chi connectivity index (χ2n) is 12.9. The van der Waals surface area contributed by atoms with E-state index in [1.54, 1.807) is 6.92 Å². The molecule has 4 fully saturated rings. The highest BCUT2D eigenvalue weighted by Gasteiger charge is 2.84. The maximum atomic E-state index is 13.5. The molecule has 5 aliphatic rings. The van der Waals surface area contributed by atoms with E-state index >= 15 is 0 Å². The fraction of sp³-hybridized carbons (Fsp3) is 0.800. The minimum absolute atomic E-state index is 0.0288. The lowest BCUT2D eigenvalue weighted by molar-refractivity contribution is -0.308. The third-order valence-corrected chi connectivity index (χ3v) is 11.0. The summed E-state index contributed by atoms with van der Waals surface area (Å²) < 4.78 is 18.0. The molecule has 4 bridgehead atoms. The van der Waals surface area contributed by atoms with Gasteiger partial charge in [-0.1, -0.05) is 51.0 Å². The number of allylic oxidation sites excluding steroid dienone is 2. The van der Waals surface area contributed by atoms with Crippen molar-refractivity contribution in [2.75, 3.05) is 13.2 Å². The first-order valence-corrected chi connectivity index (χ1v) is 14.3. The predicted molar refractivity (Wildman–Crippen MR) is 139 cm³/mol. The standard InChI is InChI=1S/C30H44O8/c1-6-7-10-36-25-18(5)38-26(24(33)23(25)32)37-15-29-13-20-17(4)8-9-21(20)28(14-31)12-19(29)11-22(16(2)3)30(28,29)27(34)35/h6-7,11,14,16-21,23-26,32-33H,8-10,12-13,15H2,1-5H3,(H,34,35)/b7-6+/t17?,18-,19?,20?,21?,23+,24+,25-,26-,28?,29?,30?/m1/s1. The van der Waals surface area contributed by atoms with Crippen molar-refractivity contribution < 1.29 is 39.1 Å². The lowest BCUT2D eigenvalue weighted by Gasteiger charge is -2.58. The molecule has 7 unspecified atom stereocenters. The zero-order valence-electron chi connectivity index (χ0n) is 23.2. The Bertz CT molecular complexity index is 1010. The van der Waals surface area contributed by atoms with E-state index in [4.69, 9.17) is 14.2 Å².